The Hall–Kier alpha value is -2.64. The number of aryl methyl sites for hydroxylation is 1. The SMILES string of the molecule is O=C(c1ccc(OCC(F)(F)F)nc1)N1CCCc2cccc(F)c21. The summed E-state index contributed by atoms with van der Waals surface area (Å²) in [6.07, 6.45) is -1.96. The molecule has 0 unspecified atom stereocenters. The average molecular weight is 354 g/mol. The summed E-state index contributed by atoms with van der Waals surface area (Å²) >= 11 is 0. The van der Waals surface area contributed by atoms with Crippen LogP contribution < -0.4 is 9.64 Å². The summed E-state index contributed by atoms with van der Waals surface area (Å²) in [5.41, 5.74) is 1.14. The number of benzene rings is 1. The fraction of sp³-hybridized carbons (Fsp3) is 0.294. The molecule has 1 aromatic carbocycles. The van der Waals surface area contributed by atoms with Crippen LogP contribution in [0.1, 0.15) is 22.3 Å². The van der Waals surface area contributed by atoms with Crippen molar-refractivity contribution in [2.24, 2.45) is 0 Å². The summed E-state index contributed by atoms with van der Waals surface area (Å²) in [5, 5.41) is 0. The number of halogens is 4. The van der Waals surface area contributed by atoms with Crippen LogP contribution in [0.15, 0.2) is 36.5 Å². The number of ether oxygens (including phenoxy) is 1. The van der Waals surface area contributed by atoms with Gasteiger partial charge in [-0.25, -0.2) is 9.37 Å². The van der Waals surface area contributed by atoms with Crippen molar-refractivity contribution in [1.82, 2.24) is 4.98 Å². The molecule has 3 rings (SSSR count). The molecule has 8 heteroatoms. The Labute approximate surface area is 141 Å². The normalized spacial score (nSPS) is 14.2. The molecule has 1 aliphatic rings. The highest BCUT2D eigenvalue weighted by Crippen LogP contribution is 2.31. The number of rotatable bonds is 3. The first-order valence-corrected chi connectivity index (χ1v) is 7.60. The van der Waals surface area contributed by atoms with Crippen LogP contribution in [-0.4, -0.2) is 30.2 Å². The summed E-state index contributed by atoms with van der Waals surface area (Å²) in [7, 11) is 0. The van der Waals surface area contributed by atoms with Crippen molar-refractivity contribution >= 4 is 11.6 Å². The number of aromatic nitrogens is 1. The minimum atomic E-state index is -4.47. The van der Waals surface area contributed by atoms with E-state index < -0.39 is 24.5 Å². The maximum absolute atomic E-state index is 14.1. The number of nitrogens with zero attached hydrogens (tertiary/aromatic N) is 2. The van der Waals surface area contributed by atoms with Gasteiger partial charge in [0, 0.05) is 18.8 Å². The largest absolute Gasteiger partial charge is 0.468 e. The van der Waals surface area contributed by atoms with Crippen LogP contribution >= 0.6 is 0 Å². The monoisotopic (exact) mass is 354 g/mol. The third-order valence-corrected chi connectivity index (χ3v) is 3.78. The molecule has 0 aliphatic carbocycles. The molecule has 25 heavy (non-hydrogen) atoms. The van der Waals surface area contributed by atoms with Gasteiger partial charge in [0.25, 0.3) is 5.91 Å². The third kappa shape index (κ3) is 3.89. The molecule has 0 saturated carbocycles. The first kappa shape index (κ1) is 17.2. The van der Waals surface area contributed by atoms with Crippen molar-refractivity contribution in [3.63, 3.8) is 0 Å². The second-order valence-corrected chi connectivity index (χ2v) is 5.60. The lowest BCUT2D eigenvalue weighted by Crippen LogP contribution is -2.36. The fourth-order valence-electron chi connectivity index (χ4n) is 2.71. The standard InChI is InChI=1S/C17H14F4N2O2/c18-13-5-1-3-11-4-2-8-23(15(11)13)16(24)12-6-7-14(22-9-12)25-10-17(19,20)21/h1,3,5-7,9H,2,4,8,10H2. The zero-order valence-corrected chi connectivity index (χ0v) is 13.0. The van der Waals surface area contributed by atoms with E-state index in [1.54, 1.807) is 12.1 Å². The number of alkyl halides is 3. The molecular formula is C17H14F4N2O2. The van der Waals surface area contributed by atoms with E-state index in [0.29, 0.717) is 19.4 Å². The van der Waals surface area contributed by atoms with Crippen molar-refractivity contribution in [2.45, 2.75) is 19.0 Å². The van der Waals surface area contributed by atoms with E-state index >= 15 is 0 Å². The Morgan fingerprint density at radius 3 is 2.72 bits per heavy atom. The quantitative estimate of drug-likeness (QED) is 0.789. The number of hydrogen-bond donors (Lipinski definition) is 0. The molecule has 132 valence electrons. The Kier molecular flexibility index (Phi) is 4.61. The second kappa shape index (κ2) is 6.70. The van der Waals surface area contributed by atoms with Crippen LogP contribution in [0.2, 0.25) is 0 Å². The minimum absolute atomic E-state index is 0.149. The maximum atomic E-state index is 14.1. The molecule has 1 aromatic heterocycles. The number of anilines is 1. The Balaban J connectivity index is 1.79. The fourth-order valence-corrected chi connectivity index (χ4v) is 2.71. The van der Waals surface area contributed by atoms with E-state index in [-0.39, 0.29) is 17.1 Å². The molecule has 2 heterocycles. The van der Waals surface area contributed by atoms with Gasteiger partial charge in [0.2, 0.25) is 5.88 Å². The van der Waals surface area contributed by atoms with Crippen molar-refractivity contribution in [3.05, 3.63) is 53.5 Å². The predicted octanol–water partition coefficient (Wildman–Crippen LogP) is 3.75. The molecule has 1 aliphatic heterocycles. The van der Waals surface area contributed by atoms with Gasteiger partial charge in [-0.1, -0.05) is 12.1 Å². The lowest BCUT2D eigenvalue weighted by Gasteiger charge is -2.29. The Morgan fingerprint density at radius 1 is 1.24 bits per heavy atom. The van der Waals surface area contributed by atoms with Gasteiger partial charge in [0.1, 0.15) is 5.82 Å². The van der Waals surface area contributed by atoms with Gasteiger partial charge in [0.05, 0.1) is 11.3 Å². The Bertz CT molecular complexity index is 775. The van der Waals surface area contributed by atoms with E-state index in [0.717, 1.165) is 11.8 Å². The lowest BCUT2D eigenvalue weighted by atomic mass is 10.0. The predicted molar refractivity (Wildman–Crippen MR) is 82.2 cm³/mol. The van der Waals surface area contributed by atoms with E-state index in [1.807, 2.05) is 0 Å². The summed E-state index contributed by atoms with van der Waals surface area (Å²) in [4.78, 5) is 17.7. The van der Waals surface area contributed by atoms with Gasteiger partial charge < -0.3 is 9.64 Å². The van der Waals surface area contributed by atoms with Gasteiger partial charge in [-0.2, -0.15) is 13.2 Å². The summed E-state index contributed by atoms with van der Waals surface area (Å²) in [6.45, 7) is -1.10. The molecular weight excluding hydrogens is 340 g/mol. The van der Waals surface area contributed by atoms with E-state index in [9.17, 15) is 22.4 Å². The highest BCUT2D eigenvalue weighted by Gasteiger charge is 2.29. The molecule has 0 bridgehead atoms. The smallest absolute Gasteiger partial charge is 0.422 e. The van der Waals surface area contributed by atoms with Gasteiger partial charge in [-0.15, -0.1) is 0 Å². The molecule has 2 aromatic rings. The van der Waals surface area contributed by atoms with E-state index in [1.165, 1.54) is 23.1 Å². The maximum Gasteiger partial charge on any atom is 0.422 e. The van der Waals surface area contributed by atoms with Crippen LogP contribution in [0.5, 0.6) is 5.88 Å². The average Bonchev–Trinajstić information content (AvgIpc) is 2.59. The van der Waals surface area contributed by atoms with Crippen molar-refractivity contribution in [1.29, 1.82) is 0 Å². The summed E-state index contributed by atoms with van der Waals surface area (Å²) in [6, 6.07) is 7.15. The number of fused-ring (bicyclic) bond motifs is 1. The van der Waals surface area contributed by atoms with Gasteiger partial charge in [-0.05, 0) is 30.5 Å². The summed E-state index contributed by atoms with van der Waals surface area (Å²) < 4.78 is 55.0. The van der Waals surface area contributed by atoms with Crippen molar-refractivity contribution in [3.8, 4) is 5.88 Å². The number of carbonyl (C=O) groups excluding carboxylic acids is 1. The van der Waals surface area contributed by atoms with Gasteiger partial charge >= 0.3 is 6.18 Å². The van der Waals surface area contributed by atoms with E-state index in [4.69, 9.17) is 0 Å². The van der Waals surface area contributed by atoms with Gasteiger partial charge in [0.15, 0.2) is 6.61 Å². The topological polar surface area (TPSA) is 42.4 Å². The van der Waals surface area contributed by atoms with Crippen LogP contribution in [0.3, 0.4) is 0 Å². The number of carbonyl (C=O) groups is 1. The molecule has 1 amide bonds. The second-order valence-electron chi connectivity index (χ2n) is 5.60. The number of pyridine rings is 1. The minimum Gasteiger partial charge on any atom is -0.468 e. The molecule has 4 nitrogen and oxygen atoms in total. The number of hydrogen-bond acceptors (Lipinski definition) is 3. The Morgan fingerprint density at radius 2 is 2.04 bits per heavy atom. The molecule has 0 fully saturated rings. The van der Waals surface area contributed by atoms with E-state index in [2.05, 4.69) is 9.72 Å². The first-order chi connectivity index (χ1) is 11.8. The lowest BCUT2D eigenvalue weighted by molar-refractivity contribution is -0.154. The highest BCUT2D eigenvalue weighted by molar-refractivity contribution is 6.06. The van der Waals surface area contributed by atoms with Crippen LogP contribution in [0.4, 0.5) is 23.2 Å². The van der Waals surface area contributed by atoms with Crippen molar-refractivity contribution < 1.29 is 27.1 Å². The highest BCUT2D eigenvalue weighted by atomic mass is 19.4. The zero-order chi connectivity index (χ0) is 18.0. The van der Waals surface area contributed by atoms with Crippen LogP contribution in [0.25, 0.3) is 0 Å². The summed E-state index contributed by atoms with van der Waals surface area (Å²) in [5.74, 6) is -1.18. The van der Waals surface area contributed by atoms with Crippen LogP contribution in [0, 0.1) is 5.82 Å². The van der Waals surface area contributed by atoms with Crippen molar-refractivity contribution in [2.75, 3.05) is 18.1 Å². The first-order valence-electron chi connectivity index (χ1n) is 7.60. The third-order valence-electron chi connectivity index (χ3n) is 3.78. The molecule has 0 spiro atoms. The number of amides is 1. The molecule has 0 saturated heterocycles. The zero-order valence-electron chi connectivity index (χ0n) is 13.0. The van der Waals surface area contributed by atoms with Gasteiger partial charge in [-0.3, -0.25) is 4.79 Å². The molecule has 0 radical (unpaired) electrons. The van der Waals surface area contributed by atoms with Crippen LogP contribution in [-0.2, 0) is 6.42 Å². The molecule has 0 atom stereocenters. The number of para-hydroxylation sites is 1. The molecule has 0 N–H and O–H groups in total.